The van der Waals surface area contributed by atoms with Gasteiger partial charge in [-0.3, -0.25) is 14.4 Å². The second kappa shape index (κ2) is 10.7. The van der Waals surface area contributed by atoms with Crippen molar-refractivity contribution < 1.29 is 41.1 Å². The second-order valence-corrected chi connectivity index (χ2v) is 9.13. The van der Waals surface area contributed by atoms with Crippen molar-refractivity contribution in [2.75, 3.05) is 32.8 Å². The Balaban J connectivity index is 1.54. The molecule has 0 atom stereocenters. The van der Waals surface area contributed by atoms with Gasteiger partial charge < -0.3 is 14.5 Å². The normalized spacial score (nSPS) is 17.9. The Hall–Kier alpha value is -2.72. The molecule has 2 aliphatic heterocycles. The Morgan fingerprint density at radius 1 is 0.765 bits per heavy atom. The van der Waals surface area contributed by atoms with Crippen LogP contribution >= 0.6 is 0 Å². The van der Waals surface area contributed by atoms with Crippen LogP contribution in [-0.2, 0) is 14.3 Å². The van der Waals surface area contributed by atoms with Crippen LogP contribution in [0.5, 0.6) is 0 Å². The van der Waals surface area contributed by atoms with Crippen LogP contribution in [0.25, 0.3) is 0 Å². The lowest BCUT2D eigenvalue weighted by atomic mass is 9.91. The van der Waals surface area contributed by atoms with E-state index in [1.54, 1.807) is 4.90 Å². The van der Waals surface area contributed by atoms with Gasteiger partial charge in [0, 0.05) is 32.1 Å². The van der Waals surface area contributed by atoms with E-state index in [0.717, 1.165) is 4.90 Å². The van der Waals surface area contributed by atoms with Gasteiger partial charge in [-0.05, 0) is 31.6 Å². The van der Waals surface area contributed by atoms with Gasteiger partial charge in [-0.15, -0.1) is 0 Å². The molecule has 2 aliphatic rings. The number of benzene rings is 1. The van der Waals surface area contributed by atoms with Gasteiger partial charge in [-0.25, -0.2) is 22.0 Å². The van der Waals surface area contributed by atoms with E-state index in [4.69, 9.17) is 4.74 Å². The van der Waals surface area contributed by atoms with Crippen LogP contribution in [0.2, 0.25) is 0 Å². The Morgan fingerprint density at radius 2 is 1.21 bits per heavy atom. The fourth-order valence-electron chi connectivity index (χ4n) is 4.24. The highest BCUT2D eigenvalue weighted by molar-refractivity contribution is 5.95. The molecule has 0 unspecified atom stereocenters. The molecular weight excluding hydrogens is 463 g/mol. The number of hydrogen-bond donors (Lipinski definition) is 0. The van der Waals surface area contributed by atoms with Gasteiger partial charge in [0.15, 0.2) is 23.3 Å². The number of hydrogen-bond acceptors (Lipinski definition) is 4. The zero-order chi connectivity index (χ0) is 25.2. The summed E-state index contributed by atoms with van der Waals surface area (Å²) in [6.07, 6.45) is 1.35. The van der Waals surface area contributed by atoms with E-state index in [-0.39, 0.29) is 49.6 Å². The molecule has 0 radical (unpaired) electrons. The summed E-state index contributed by atoms with van der Waals surface area (Å²) in [5.74, 6) is -13.2. The molecule has 2 amide bonds. The van der Waals surface area contributed by atoms with E-state index >= 15 is 0 Å². The van der Waals surface area contributed by atoms with Crippen molar-refractivity contribution in [2.24, 2.45) is 17.8 Å². The van der Waals surface area contributed by atoms with Crippen LogP contribution < -0.4 is 0 Å². The Kier molecular flexibility index (Phi) is 8.14. The minimum Gasteiger partial charge on any atom is -0.465 e. The molecule has 0 saturated carbocycles. The van der Waals surface area contributed by atoms with Crippen LogP contribution in [-0.4, -0.2) is 60.4 Å². The number of carbonyl (C=O) groups excluding carboxylic acids is 3. The molecule has 2 heterocycles. The number of nitrogens with zero attached hydrogens (tertiary/aromatic N) is 2. The van der Waals surface area contributed by atoms with Crippen LogP contribution in [0.1, 0.15) is 49.9 Å². The summed E-state index contributed by atoms with van der Waals surface area (Å²) < 4.78 is 73.3. The summed E-state index contributed by atoms with van der Waals surface area (Å²) >= 11 is 0. The fraction of sp³-hybridized carbons (Fsp3) is 0.609. The molecule has 2 fully saturated rings. The third-order valence-corrected chi connectivity index (χ3v) is 6.25. The zero-order valence-corrected chi connectivity index (χ0v) is 19.0. The minimum atomic E-state index is -2.33. The van der Waals surface area contributed by atoms with Crippen molar-refractivity contribution in [3.05, 3.63) is 34.6 Å². The SMILES string of the molecule is CC(C)COC(=O)C1CCN(C(=O)C2CCN(C(=O)c3c(F)c(F)c(F)c(F)c3F)CC2)CC1. The topological polar surface area (TPSA) is 66.9 Å². The van der Waals surface area contributed by atoms with E-state index in [1.165, 1.54) is 0 Å². The average Bonchev–Trinajstić information content (AvgIpc) is 2.84. The average molecular weight is 490 g/mol. The Morgan fingerprint density at radius 3 is 1.71 bits per heavy atom. The van der Waals surface area contributed by atoms with Crippen LogP contribution in [0.15, 0.2) is 0 Å². The standard InChI is InChI=1S/C23H27F5N2O4/c1-12(2)11-34-23(33)14-5-9-29(10-6-14)21(31)13-3-7-30(8-4-13)22(32)15-16(24)18(26)20(28)19(27)17(15)25/h12-14H,3-11H2,1-2H3. The summed E-state index contributed by atoms with van der Waals surface area (Å²) in [6.45, 7) is 4.89. The van der Waals surface area contributed by atoms with E-state index < -0.39 is 46.5 Å². The number of amides is 2. The van der Waals surface area contributed by atoms with Crippen LogP contribution in [0.3, 0.4) is 0 Å². The first-order valence-electron chi connectivity index (χ1n) is 11.3. The van der Waals surface area contributed by atoms with Crippen LogP contribution in [0.4, 0.5) is 22.0 Å². The van der Waals surface area contributed by atoms with Gasteiger partial charge in [0.05, 0.1) is 12.5 Å². The number of piperidine rings is 2. The van der Waals surface area contributed by atoms with E-state index in [9.17, 15) is 36.3 Å². The summed E-state index contributed by atoms with van der Waals surface area (Å²) in [5, 5.41) is 0. The maximum atomic E-state index is 14.0. The van der Waals surface area contributed by atoms with Crippen LogP contribution in [0, 0.1) is 46.8 Å². The smallest absolute Gasteiger partial charge is 0.309 e. The predicted molar refractivity (Wildman–Crippen MR) is 110 cm³/mol. The van der Waals surface area contributed by atoms with Crippen molar-refractivity contribution in [3.8, 4) is 0 Å². The van der Waals surface area contributed by atoms with Crippen molar-refractivity contribution in [1.29, 1.82) is 0 Å². The molecule has 0 bridgehead atoms. The molecular formula is C23H27F5N2O4. The number of ether oxygens (including phenoxy) is 1. The lowest BCUT2D eigenvalue weighted by molar-refractivity contribution is -0.153. The molecule has 1 aromatic carbocycles. The molecule has 11 heteroatoms. The summed E-state index contributed by atoms with van der Waals surface area (Å²) in [4.78, 5) is 40.1. The highest BCUT2D eigenvalue weighted by atomic mass is 19.2. The van der Waals surface area contributed by atoms with E-state index in [2.05, 4.69) is 0 Å². The first-order chi connectivity index (χ1) is 16.0. The zero-order valence-electron chi connectivity index (χ0n) is 19.0. The molecule has 1 aromatic rings. The largest absolute Gasteiger partial charge is 0.465 e. The lowest BCUT2D eigenvalue weighted by Gasteiger charge is -2.37. The quantitative estimate of drug-likeness (QED) is 0.274. The molecule has 0 spiro atoms. The van der Waals surface area contributed by atoms with Crippen molar-refractivity contribution in [2.45, 2.75) is 39.5 Å². The number of likely N-dealkylation sites (tertiary alicyclic amines) is 2. The monoisotopic (exact) mass is 490 g/mol. The maximum absolute atomic E-state index is 14.0. The van der Waals surface area contributed by atoms with Gasteiger partial charge in [0.2, 0.25) is 11.7 Å². The molecule has 188 valence electrons. The highest BCUT2D eigenvalue weighted by Crippen LogP contribution is 2.28. The van der Waals surface area contributed by atoms with Crippen molar-refractivity contribution in [1.82, 2.24) is 9.80 Å². The molecule has 3 rings (SSSR count). The minimum absolute atomic E-state index is 0.0628. The molecule has 2 saturated heterocycles. The van der Waals surface area contributed by atoms with Gasteiger partial charge in [-0.1, -0.05) is 13.8 Å². The lowest BCUT2D eigenvalue weighted by Crippen LogP contribution is -2.47. The van der Waals surface area contributed by atoms with Gasteiger partial charge in [0.1, 0.15) is 5.56 Å². The number of rotatable bonds is 5. The molecule has 0 aromatic heterocycles. The van der Waals surface area contributed by atoms with E-state index in [0.29, 0.717) is 32.5 Å². The summed E-state index contributed by atoms with van der Waals surface area (Å²) in [6, 6.07) is 0. The Labute approximate surface area is 194 Å². The van der Waals surface area contributed by atoms with Crippen molar-refractivity contribution in [3.63, 3.8) is 0 Å². The first kappa shape index (κ1) is 25.9. The maximum Gasteiger partial charge on any atom is 0.309 e. The molecule has 6 nitrogen and oxygen atoms in total. The Bertz CT molecular complexity index is 926. The second-order valence-electron chi connectivity index (χ2n) is 9.13. The third-order valence-electron chi connectivity index (χ3n) is 6.25. The predicted octanol–water partition coefficient (Wildman–Crippen LogP) is 3.67. The third kappa shape index (κ3) is 5.33. The van der Waals surface area contributed by atoms with Gasteiger partial charge >= 0.3 is 5.97 Å². The first-order valence-corrected chi connectivity index (χ1v) is 11.3. The summed E-state index contributed by atoms with van der Waals surface area (Å²) in [7, 11) is 0. The number of carbonyl (C=O) groups is 3. The van der Waals surface area contributed by atoms with Crippen molar-refractivity contribution >= 4 is 17.8 Å². The number of halogens is 5. The summed E-state index contributed by atoms with van der Waals surface area (Å²) in [5.41, 5.74) is -1.49. The number of esters is 1. The van der Waals surface area contributed by atoms with Gasteiger partial charge in [0.25, 0.3) is 5.91 Å². The molecule has 0 aliphatic carbocycles. The van der Waals surface area contributed by atoms with Gasteiger partial charge in [-0.2, -0.15) is 0 Å². The highest BCUT2D eigenvalue weighted by Gasteiger charge is 2.37. The van der Waals surface area contributed by atoms with E-state index in [1.807, 2.05) is 13.8 Å². The molecule has 0 N–H and O–H groups in total. The fourth-order valence-corrected chi connectivity index (χ4v) is 4.24. The molecule has 34 heavy (non-hydrogen) atoms.